The SMILES string of the molecule is Cc1ccc(S(=O)(=O)NNC2CC[C@@]3(C)[C@H](CC[C@@H]4[C@@H]3CC[C@]3(C)[C@@H]([C@H](C)CCCC(C)C)CC[C@@H]43)C2)cc1. The van der Waals surface area contributed by atoms with Crippen molar-refractivity contribution in [2.75, 3.05) is 0 Å². The fraction of sp³-hybridized carbons (Fsp3) is 0.824. The van der Waals surface area contributed by atoms with Gasteiger partial charge in [-0.1, -0.05) is 71.6 Å². The third-order valence-electron chi connectivity index (χ3n) is 12.6. The first-order valence-corrected chi connectivity index (χ1v) is 17.8. The summed E-state index contributed by atoms with van der Waals surface area (Å²) in [4.78, 5) is 3.05. The van der Waals surface area contributed by atoms with Crippen LogP contribution in [-0.4, -0.2) is 14.5 Å². The van der Waals surface area contributed by atoms with Gasteiger partial charge >= 0.3 is 0 Å². The number of rotatable bonds is 9. The fourth-order valence-electron chi connectivity index (χ4n) is 10.4. The highest BCUT2D eigenvalue weighted by Crippen LogP contribution is 2.68. The van der Waals surface area contributed by atoms with Crippen LogP contribution in [0, 0.1) is 59.2 Å². The Morgan fingerprint density at radius 1 is 0.872 bits per heavy atom. The topological polar surface area (TPSA) is 58.2 Å². The molecule has 39 heavy (non-hydrogen) atoms. The van der Waals surface area contributed by atoms with Gasteiger partial charge in [0.25, 0.3) is 10.0 Å². The van der Waals surface area contributed by atoms with E-state index >= 15 is 0 Å². The van der Waals surface area contributed by atoms with Gasteiger partial charge in [0.05, 0.1) is 4.90 Å². The molecule has 1 unspecified atom stereocenters. The number of fused-ring (bicyclic) bond motifs is 5. The average Bonchev–Trinajstić information content (AvgIpc) is 3.25. The minimum Gasteiger partial charge on any atom is -0.241 e. The molecule has 4 saturated carbocycles. The van der Waals surface area contributed by atoms with Gasteiger partial charge in [-0.3, -0.25) is 0 Å². The number of sulfonamides is 1. The molecular weight excluding hydrogens is 500 g/mol. The standard InChI is InChI=1S/C34H56N2O2S/c1-23(2)8-7-9-25(4)30-16-17-31-29-15-12-26-22-27(18-20-33(26,5)32(29)19-21-34(30,31)6)35-36-39(37,38)28-13-10-24(3)11-14-28/h10-11,13-14,23,25-27,29-32,35-36H,7-9,12,15-22H2,1-6H3/t25-,26-,27?,29+,30-,31+,32+,33+,34-/m1/s1. The summed E-state index contributed by atoms with van der Waals surface area (Å²) in [5.41, 5.74) is 5.28. The highest BCUT2D eigenvalue weighted by Gasteiger charge is 2.60. The molecule has 4 fully saturated rings. The molecule has 2 N–H and O–H groups in total. The van der Waals surface area contributed by atoms with Crippen molar-refractivity contribution >= 4 is 10.0 Å². The fourth-order valence-corrected chi connectivity index (χ4v) is 11.3. The zero-order chi connectivity index (χ0) is 28.0. The van der Waals surface area contributed by atoms with E-state index in [-0.39, 0.29) is 6.04 Å². The molecular formula is C34H56N2O2S. The molecule has 0 spiro atoms. The molecule has 0 heterocycles. The first kappa shape index (κ1) is 29.6. The van der Waals surface area contributed by atoms with Gasteiger partial charge in [0.1, 0.15) is 0 Å². The maximum absolute atomic E-state index is 12.8. The zero-order valence-corrected chi connectivity index (χ0v) is 26.5. The Hall–Kier alpha value is -0.910. The Kier molecular flexibility index (Phi) is 8.65. The third kappa shape index (κ3) is 5.75. The largest absolute Gasteiger partial charge is 0.253 e. The van der Waals surface area contributed by atoms with Crippen molar-refractivity contribution in [2.24, 2.45) is 52.3 Å². The molecule has 1 aromatic rings. The monoisotopic (exact) mass is 556 g/mol. The minimum atomic E-state index is -3.54. The first-order valence-electron chi connectivity index (χ1n) is 16.3. The maximum atomic E-state index is 12.8. The first-order chi connectivity index (χ1) is 18.4. The smallest absolute Gasteiger partial charge is 0.241 e. The van der Waals surface area contributed by atoms with Gasteiger partial charge in [-0.15, -0.1) is 4.83 Å². The van der Waals surface area contributed by atoms with E-state index in [9.17, 15) is 8.42 Å². The summed E-state index contributed by atoms with van der Waals surface area (Å²) in [5, 5.41) is 0. The van der Waals surface area contributed by atoms with Crippen LogP contribution in [-0.2, 0) is 10.0 Å². The Bertz CT molecular complexity index is 1080. The lowest BCUT2D eigenvalue weighted by atomic mass is 9.44. The zero-order valence-electron chi connectivity index (χ0n) is 25.6. The molecule has 1 aromatic carbocycles. The van der Waals surface area contributed by atoms with E-state index in [4.69, 9.17) is 0 Å². The summed E-state index contributed by atoms with van der Waals surface area (Å²) in [6.07, 6.45) is 16.0. The molecule has 9 atom stereocenters. The van der Waals surface area contributed by atoms with Crippen LogP contribution in [0.5, 0.6) is 0 Å². The summed E-state index contributed by atoms with van der Waals surface area (Å²) >= 11 is 0. The van der Waals surface area contributed by atoms with Crippen LogP contribution in [0.4, 0.5) is 0 Å². The molecule has 0 aliphatic heterocycles. The van der Waals surface area contributed by atoms with Gasteiger partial charge in [-0.05, 0) is 129 Å². The van der Waals surface area contributed by atoms with Crippen LogP contribution in [0.15, 0.2) is 29.2 Å². The van der Waals surface area contributed by atoms with E-state index in [0.29, 0.717) is 21.6 Å². The second kappa shape index (κ2) is 11.4. The van der Waals surface area contributed by atoms with E-state index in [1.165, 1.54) is 64.2 Å². The molecule has 0 aromatic heterocycles. The number of hydrazine groups is 1. The van der Waals surface area contributed by atoms with Gasteiger partial charge in [-0.2, -0.15) is 0 Å². The predicted octanol–water partition coefficient (Wildman–Crippen LogP) is 8.27. The van der Waals surface area contributed by atoms with Crippen LogP contribution in [0.25, 0.3) is 0 Å². The highest BCUT2D eigenvalue weighted by atomic mass is 32.2. The Morgan fingerprint density at radius 2 is 1.56 bits per heavy atom. The summed E-state index contributed by atoms with van der Waals surface area (Å²) in [5.74, 6) is 6.00. The van der Waals surface area contributed by atoms with Gasteiger partial charge in [0.15, 0.2) is 0 Å². The summed E-state index contributed by atoms with van der Waals surface area (Å²) < 4.78 is 25.7. The molecule has 5 heteroatoms. The van der Waals surface area contributed by atoms with Crippen molar-refractivity contribution in [1.29, 1.82) is 0 Å². The lowest BCUT2D eigenvalue weighted by Gasteiger charge is -2.61. The van der Waals surface area contributed by atoms with Gasteiger partial charge < -0.3 is 0 Å². The van der Waals surface area contributed by atoms with Crippen molar-refractivity contribution in [1.82, 2.24) is 10.3 Å². The Balaban J connectivity index is 1.20. The minimum absolute atomic E-state index is 0.219. The summed E-state index contributed by atoms with van der Waals surface area (Å²) in [6, 6.07) is 7.31. The predicted molar refractivity (Wildman–Crippen MR) is 161 cm³/mol. The molecule has 0 saturated heterocycles. The van der Waals surface area contributed by atoms with E-state index in [1.807, 2.05) is 19.1 Å². The molecule has 4 aliphatic rings. The van der Waals surface area contributed by atoms with E-state index in [0.717, 1.165) is 53.9 Å². The van der Waals surface area contributed by atoms with E-state index < -0.39 is 10.0 Å². The van der Waals surface area contributed by atoms with Crippen molar-refractivity contribution in [2.45, 2.75) is 130 Å². The quantitative estimate of drug-likeness (QED) is 0.301. The molecule has 5 rings (SSSR count). The van der Waals surface area contributed by atoms with Gasteiger partial charge in [0.2, 0.25) is 0 Å². The van der Waals surface area contributed by atoms with E-state index in [1.54, 1.807) is 12.1 Å². The van der Waals surface area contributed by atoms with Crippen LogP contribution >= 0.6 is 0 Å². The maximum Gasteiger partial charge on any atom is 0.253 e. The normalized spacial score (nSPS) is 39.2. The number of nitrogens with one attached hydrogen (secondary N) is 2. The second-order valence-corrected chi connectivity index (χ2v) is 16.9. The Labute approximate surface area is 239 Å². The molecule has 220 valence electrons. The number of hydrogen-bond donors (Lipinski definition) is 2. The van der Waals surface area contributed by atoms with Crippen molar-refractivity contribution < 1.29 is 8.42 Å². The van der Waals surface area contributed by atoms with Crippen LogP contribution in [0.3, 0.4) is 0 Å². The molecule has 0 amide bonds. The molecule has 4 nitrogen and oxygen atoms in total. The lowest BCUT2D eigenvalue weighted by molar-refractivity contribution is -0.118. The van der Waals surface area contributed by atoms with Crippen LogP contribution < -0.4 is 10.3 Å². The number of hydrogen-bond acceptors (Lipinski definition) is 3. The number of aryl methyl sites for hydroxylation is 1. The molecule has 0 radical (unpaired) electrons. The second-order valence-electron chi connectivity index (χ2n) is 15.2. The molecule has 0 bridgehead atoms. The van der Waals surface area contributed by atoms with Crippen molar-refractivity contribution in [3.63, 3.8) is 0 Å². The average molecular weight is 557 g/mol. The third-order valence-corrected chi connectivity index (χ3v) is 13.9. The van der Waals surface area contributed by atoms with Gasteiger partial charge in [-0.25, -0.2) is 13.8 Å². The summed E-state index contributed by atoms with van der Waals surface area (Å²) in [7, 11) is -3.54. The van der Waals surface area contributed by atoms with Crippen LogP contribution in [0.2, 0.25) is 0 Å². The highest BCUT2D eigenvalue weighted by molar-refractivity contribution is 7.89. The van der Waals surface area contributed by atoms with Crippen molar-refractivity contribution in [3.05, 3.63) is 29.8 Å². The molecule has 4 aliphatic carbocycles. The number of benzene rings is 1. The van der Waals surface area contributed by atoms with Crippen molar-refractivity contribution in [3.8, 4) is 0 Å². The summed E-state index contributed by atoms with van der Waals surface area (Å²) in [6.45, 7) is 14.6. The van der Waals surface area contributed by atoms with E-state index in [2.05, 4.69) is 44.9 Å². The Morgan fingerprint density at radius 3 is 2.28 bits per heavy atom. The van der Waals surface area contributed by atoms with Gasteiger partial charge in [0, 0.05) is 6.04 Å². The lowest BCUT2D eigenvalue weighted by Crippen LogP contribution is -2.56. The van der Waals surface area contributed by atoms with Crippen LogP contribution in [0.1, 0.15) is 117 Å².